The van der Waals surface area contributed by atoms with Crippen molar-refractivity contribution in [2.45, 2.75) is 31.7 Å². The van der Waals surface area contributed by atoms with Gasteiger partial charge in [0.2, 0.25) is 0 Å². The summed E-state index contributed by atoms with van der Waals surface area (Å²) in [7, 11) is 2.19. The van der Waals surface area contributed by atoms with Crippen LogP contribution in [0.4, 0.5) is 0 Å². The Labute approximate surface area is 104 Å². The summed E-state index contributed by atoms with van der Waals surface area (Å²) in [4.78, 5) is 6.54. The Kier molecular flexibility index (Phi) is 4.95. The summed E-state index contributed by atoms with van der Waals surface area (Å²) in [6.45, 7) is 3.22. The van der Waals surface area contributed by atoms with E-state index in [0.29, 0.717) is 6.04 Å². The molecule has 0 bridgehead atoms. The van der Waals surface area contributed by atoms with Gasteiger partial charge in [-0.25, -0.2) is 0 Å². The second-order valence-corrected chi connectivity index (χ2v) is 4.74. The Balaban J connectivity index is 0.000000181. The van der Waals surface area contributed by atoms with Gasteiger partial charge in [0.25, 0.3) is 0 Å². The lowest BCUT2D eigenvalue weighted by Gasteiger charge is -2.18. The molecule has 17 heavy (non-hydrogen) atoms. The predicted octanol–water partition coefficient (Wildman–Crippen LogP) is 2.65. The number of hydrogen-bond donors (Lipinski definition) is 0. The summed E-state index contributed by atoms with van der Waals surface area (Å²) in [5, 5.41) is 0. The van der Waals surface area contributed by atoms with Crippen LogP contribution in [0.3, 0.4) is 0 Å². The Morgan fingerprint density at radius 2 is 2.12 bits per heavy atom. The first-order chi connectivity index (χ1) is 8.38. The van der Waals surface area contributed by atoms with Gasteiger partial charge in [0.1, 0.15) is 0 Å². The summed E-state index contributed by atoms with van der Waals surface area (Å²) in [5.41, 5.74) is 1.36. The zero-order chi connectivity index (χ0) is 11.9. The Morgan fingerprint density at radius 1 is 1.29 bits per heavy atom. The summed E-state index contributed by atoms with van der Waals surface area (Å²) >= 11 is 0. The van der Waals surface area contributed by atoms with Crippen LogP contribution < -0.4 is 0 Å². The van der Waals surface area contributed by atoms with E-state index in [1.165, 1.54) is 37.8 Å². The minimum atomic E-state index is 0.610. The smallest absolute Gasteiger partial charge is 0.0466 e. The fourth-order valence-corrected chi connectivity index (χ4v) is 2.41. The summed E-state index contributed by atoms with van der Waals surface area (Å²) in [6.07, 6.45) is 8.96. The normalized spacial score (nSPS) is 24.4. The van der Waals surface area contributed by atoms with Crippen molar-refractivity contribution in [1.29, 1.82) is 0 Å². The van der Waals surface area contributed by atoms with Crippen molar-refractivity contribution in [3.63, 3.8) is 0 Å². The van der Waals surface area contributed by atoms with Crippen molar-refractivity contribution in [3.8, 4) is 0 Å². The van der Waals surface area contributed by atoms with Crippen LogP contribution in [0.1, 0.15) is 37.3 Å². The molecule has 3 heteroatoms. The molecule has 3 heterocycles. The number of aromatic nitrogens is 1. The van der Waals surface area contributed by atoms with Crippen LogP contribution in [0.5, 0.6) is 0 Å². The standard InChI is InChI=1S/C10H14N2.C4H8O/c1-12-7-3-5-10(12)9-4-2-6-11-8-9;1-2-4-5-3-1/h2,4,6,8,10H,3,5,7H2,1H3;1-4H2. The number of ether oxygens (including phenoxy) is 1. The van der Waals surface area contributed by atoms with Crippen molar-refractivity contribution in [2.75, 3.05) is 26.8 Å². The number of likely N-dealkylation sites (tertiary alicyclic amines) is 1. The fourth-order valence-electron chi connectivity index (χ4n) is 2.41. The Bertz CT molecular complexity index is 304. The third-order valence-electron chi connectivity index (χ3n) is 3.42. The molecule has 94 valence electrons. The van der Waals surface area contributed by atoms with Gasteiger partial charge in [-0.1, -0.05) is 6.07 Å². The Hall–Kier alpha value is -0.930. The molecule has 0 radical (unpaired) electrons. The molecule has 0 amide bonds. The highest BCUT2D eigenvalue weighted by molar-refractivity contribution is 5.14. The number of pyridine rings is 1. The van der Waals surface area contributed by atoms with Crippen LogP contribution in [0.2, 0.25) is 0 Å². The van der Waals surface area contributed by atoms with Crippen LogP contribution in [-0.2, 0) is 4.74 Å². The first-order valence-electron chi connectivity index (χ1n) is 6.56. The quantitative estimate of drug-likeness (QED) is 0.747. The van der Waals surface area contributed by atoms with E-state index < -0.39 is 0 Å². The van der Waals surface area contributed by atoms with Crippen molar-refractivity contribution >= 4 is 0 Å². The summed E-state index contributed by atoms with van der Waals surface area (Å²) in [5.74, 6) is 0. The van der Waals surface area contributed by atoms with Crippen LogP contribution in [0, 0.1) is 0 Å². The average molecular weight is 234 g/mol. The third-order valence-corrected chi connectivity index (χ3v) is 3.42. The largest absolute Gasteiger partial charge is 0.381 e. The molecule has 0 spiro atoms. The van der Waals surface area contributed by atoms with E-state index in [0.717, 1.165) is 13.2 Å². The molecule has 3 rings (SSSR count). The van der Waals surface area contributed by atoms with E-state index in [1.54, 1.807) is 0 Å². The van der Waals surface area contributed by atoms with Gasteiger partial charge < -0.3 is 4.74 Å². The first kappa shape index (κ1) is 12.5. The van der Waals surface area contributed by atoms with Gasteiger partial charge >= 0.3 is 0 Å². The maximum Gasteiger partial charge on any atom is 0.0466 e. The average Bonchev–Trinajstić information content (AvgIpc) is 3.03. The molecule has 3 nitrogen and oxygen atoms in total. The zero-order valence-corrected chi connectivity index (χ0v) is 10.6. The molecule has 1 aromatic rings. The highest BCUT2D eigenvalue weighted by Crippen LogP contribution is 2.29. The molecule has 1 aromatic heterocycles. The maximum atomic E-state index is 4.94. The predicted molar refractivity (Wildman–Crippen MR) is 68.9 cm³/mol. The number of rotatable bonds is 1. The van der Waals surface area contributed by atoms with E-state index in [2.05, 4.69) is 23.0 Å². The molecule has 2 aliphatic rings. The third kappa shape index (κ3) is 3.79. The molecular weight excluding hydrogens is 212 g/mol. The minimum absolute atomic E-state index is 0.610. The lowest BCUT2D eigenvalue weighted by molar-refractivity contribution is 0.198. The van der Waals surface area contributed by atoms with Crippen molar-refractivity contribution in [1.82, 2.24) is 9.88 Å². The van der Waals surface area contributed by atoms with Gasteiger partial charge in [-0.15, -0.1) is 0 Å². The number of hydrogen-bond acceptors (Lipinski definition) is 3. The Morgan fingerprint density at radius 3 is 2.59 bits per heavy atom. The summed E-state index contributed by atoms with van der Waals surface area (Å²) in [6, 6.07) is 4.79. The molecular formula is C14H22N2O. The van der Waals surface area contributed by atoms with E-state index in [-0.39, 0.29) is 0 Å². The topological polar surface area (TPSA) is 25.4 Å². The number of nitrogens with zero attached hydrogens (tertiary/aromatic N) is 2. The molecule has 2 fully saturated rings. The SMILES string of the molecule is C1CCOC1.CN1CCCC1c1cccnc1. The van der Waals surface area contributed by atoms with Gasteiger partial charge in [0.15, 0.2) is 0 Å². The molecule has 1 atom stereocenters. The molecule has 1 unspecified atom stereocenters. The maximum absolute atomic E-state index is 4.94. The molecule has 0 N–H and O–H groups in total. The van der Waals surface area contributed by atoms with Gasteiger partial charge in [0.05, 0.1) is 0 Å². The van der Waals surface area contributed by atoms with Crippen LogP contribution in [0.25, 0.3) is 0 Å². The lowest BCUT2D eigenvalue weighted by Crippen LogP contribution is -2.17. The molecule has 0 aromatic carbocycles. The van der Waals surface area contributed by atoms with Crippen molar-refractivity contribution in [2.24, 2.45) is 0 Å². The van der Waals surface area contributed by atoms with E-state index >= 15 is 0 Å². The van der Waals surface area contributed by atoms with E-state index in [1.807, 2.05) is 18.5 Å². The highest BCUT2D eigenvalue weighted by Gasteiger charge is 2.21. The van der Waals surface area contributed by atoms with Gasteiger partial charge in [-0.2, -0.15) is 0 Å². The van der Waals surface area contributed by atoms with Crippen LogP contribution in [0.15, 0.2) is 24.5 Å². The molecule has 0 aliphatic carbocycles. The first-order valence-corrected chi connectivity index (χ1v) is 6.56. The molecule has 2 saturated heterocycles. The van der Waals surface area contributed by atoms with Gasteiger partial charge in [-0.3, -0.25) is 9.88 Å². The monoisotopic (exact) mass is 234 g/mol. The van der Waals surface area contributed by atoms with Gasteiger partial charge in [-0.05, 0) is 50.9 Å². The van der Waals surface area contributed by atoms with Crippen molar-refractivity contribution in [3.05, 3.63) is 30.1 Å². The lowest BCUT2D eigenvalue weighted by atomic mass is 10.1. The summed E-state index contributed by atoms with van der Waals surface area (Å²) < 4.78 is 4.94. The van der Waals surface area contributed by atoms with E-state index in [9.17, 15) is 0 Å². The van der Waals surface area contributed by atoms with Crippen LogP contribution >= 0.6 is 0 Å². The zero-order valence-electron chi connectivity index (χ0n) is 10.6. The van der Waals surface area contributed by atoms with Gasteiger partial charge in [0, 0.05) is 31.6 Å². The fraction of sp³-hybridized carbons (Fsp3) is 0.643. The molecule has 0 saturated carbocycles. The highest BCUT2D eigenvalue weighted by atomic mass is 16.5. The van der Waals surface area contributed by atoms with Crippen molar-refractivity contribution < 1.29 is 4.74 Å². The molecule has 2 aliphatic heterocycles. The second-order valence-electron chi connectivity index (χ2n) is 4.74. The van der Waals surface area contributed by atoms with E-state index in [4.69, 9.17) is 4.74 Å². The minimum Gasteiger partial charge on any atom is -0.381 e. The second kappa shape index (κ2) is 6.72. The van der Waals surface area contributed by atoms with Crippen LogP contribution in [-0.4, -0.2) is 36.7 Å².